The molecule has 1 atom stereocenters. The zero-order valence-corrected chi connectivity index (χ0v) is 19.4. The molecule has 0 aliphatic rings. The second-order valence-corrected chi connectivity index (χ2v) is 8.71. The Hall–Kier alpha value is -3.89. The number of aryl methyl sites for hydroxylation is 2. The van der Waals surface area contributed by atoms with Gasteiger partial charge in [-0.1, -0.05) is 35.5 Å². The first-order valence-electron chi connectivity index (χ1n) is 11.4. The van der Waals surface area contributed by atoms with Crippen LogP contribution in [0.2, 0.25) is 0 Å². The van der Waals surface area contributed by atoms with Crippen molar-refractivity contribution in [3.8, 4) is 17.3 Å². The van der Waals surface area contributed by atoms with Gasteiger partial charge in [0.15, 0.2) is 0 Å². The number of hydrogen-bond donors (Lipinski definition) is 1. The summed E-state index contributed by atoms with van der Waals surface area (Å²) in [6, 6.07) is 19.0. The number of rotatable bonds is 10. The number of fused-ring (bicyclic) bond motifs is 1. The van der Waals surface area contributed by atoms with Gasteiger partial charge in [-0.15, -0.1) is 0 Å². The van der Waals surface area contributed by atoms with Crippen molar-refractivity contribution in [2.24, 2.45) is 0 Å². The molecule has 174 valence electrons. The van der Waals surface area contributed by atoms with Gasteiger partial charge < -0.3 is 14.2 Å². The van der Waals surface area contributed by atoms with Gasteiger partial charge >= 0.3 is 5.97 Å². The topological polar surface area (TPSA) is 95.3 Å². The minimum absolute atomic E-state index is 0.462. The van der Waals surface area contributed by atoms with Crippen LogP contribution in [0.3, 0.4) is 0 Å². The van der Waals surface area contributed by atoms with E-state index in [2.05, 4.69) is 34.1 Å². The van der Waals surface area contributed by atoms with Crippen LogP contribution in [0.4, 0.5) is 0 Å². The maximum absolute atomic E-state index is 11.7. The zero-order valence-electron chi connectivity index (χ0n) is 19.4. The number of unbranched alkanes of at least 4 members (excludes halogenated alkanes) is 1. The monoisotopic (exact) mass is 456 g/mol. The fraction of sp³-hybridized carbons (Fsp3) is 0.296. The molecule has 4 rings (SSSR count). The van der Waals surface area contributed by atoms with Crippen LogP contribution in [0.5, 0.6) is 0 Å². The van der Waals surface area contributed by atoms with Crippen molar-refractivity contribution in [2.45, 2.75) is 38.3 Å². The Morgan fingerprint density at radius 1 is 1.18 bits per heavy atom. The Kier molecular flexibility index (Phi) is 7.09. The predicted molar refractivity (Wildman–Crippen MR) is 130 cm³/mol. The van der Waals surface area contributed by atoms with Gasteiger partial charge in [-0.05, 0) is 50.7 Å². The van der Waals surface area contributed by atoms with E-state index in [9.17, 15) is 9.90 Å². The van der Waals surface area contributed by atoms with Crippen LogP contribution >= 0.6 is 0 Å². The van der Waals surface area contributed by atoms with Crippen molar-refractivity contribution in [1.29, 1.82) is 5.26 Å². The molecule has 1 N–H and O–H groups in total. The van der Waals surface area contributed by atoms with Crippen molar-refractivity contribution >= 4 is 16.9 Å². The summed E-state index contributed by atoms with van der Waals surface area (Å²) < 4.78 is 7.73. The minimum Gasteiger partial charge on any atom is -0.480 e. The van der Waals surface area contributed by atoms with Gasteiger partial charge in [0.2, 0.25) is 0 Å². The van der Waals surface area contributed by atoms with Gasteiger partial charge in [-0.25, -0.2) is 0 Å². The summed E-state index contributed by atoms with van der Waals surface area (Å²) in [5.74, 6) is 0.0123. The lowest BCUT2D eigenvalue weighted by Crippen LogP contribution is -2.37. The van der Waals surface area contributed by atoms with Gasteiger partial charge in [-0.3, -0.25) is 9.69 Å². The fourth-order valence-corrected chi connectivity index (χ4v) is 4.27. The number of nitrogens with zero attached hydrogens (tertiary/aromatic N) is 4. The lowest BCUT2D eigenvalue weighted by Gasteiger charge is -2.19. The number of hydrogen-bond acceptors (Lipinski definition) is 5. The van der Waals surface area contributed by atoms with Crippen LogP contribution in [-0.2, 0) is 24.2 Å². The molecule has 2 heterocycles. The molecule has 0 aliphatic heterocycles. The Balaban J connectivity index is 1.39. The lowest BCUT2D eigenvalue weighted by atomic mass is 10.0. The number of benzene rings is 2. The van der Waals surface area contributed by atoms with Crippen molar-refractivity contribution in [3.05, 3.63) is 77.7 Å². The van der Waals surface area contributed by atoms with E-state index in [1.54, 1.807) is 25.1 Å². The first-order valence-corrected chi connectivity index (χ1v) is 11.4. The molecule has 0 saturated heterocycles. The average Bonchev–Trinajstić information content (AvgIpc) is 3.45. The third kappa shape index (κ3) is 5.19. The van der Waals surface area contributed by atoms with Gasteiger partial charge in [-0.2, -0.15) is 5.26 Å². The molecule has 0 bridgehead atoms. The average molecular weight is 457 g/mol. The summed E-state index contributed by atoms with van der Waals surface area (Å²) in [5, 5.41) is 23.9. The SMILES string of the molecule is CN(C)C(Cc1cn(CCCCc2cc(-c3cccc(C#N)c3)no2)c2ccccc12)C(=O)O. The maximum atomic E-state index is 11.7. The second-order valence-electron chi connectivity index (χ2n) is 8.71. The maximum Gasteiger partial charge on any atom is 0.321 e. The van der Waals surface area contributed by atoms with Crippen LogP contribution in [0.1, 0.15) is 29.7 Å². The largest absolute Gasteiger partial charge is 0.480 e. The summed E-state index contributed by atoms with van der Waals surface area (Å²) in [4.78, 5) is 13.4. The molecule has 34 heavy (non-hydrogen) atoms. The highest BCUT2D eigenvalue weighted by Crippen LogP contribution is 2.25. The van der Waals surface area contributed by atoms with Crippen molar-refractivity contribution < 1.29 is 14.4 Å². The van der Waals surface area contributed by atoms with Gasteiger partial charge in [0, 0.05) is 48.1 Å². The third-order valence-corrected chi connectivity index (χ3v) is 6.11. The number of carboxylic acid groups (broad SMARTS) is 1. The van der Waals surface area contributed by atoms with Gasteiger partial charge in [0.05, 0.1) is 11.6 Å². The number of carbonyl (C=O) groups is 1. The zero-order chi connectivity index (χ0) is 24.1. The lowest BCUT2D eigenvalue weighted by molar-refractivity contribution is -0.142. The molecule has 1 unspecified atom stereocenters. The van der Waals surface area contributed by atoms with E-state index >= 15 is 0 Å². The Morgan fingerprint density at radius 3 is 2.76 bits per heavy atom. The first-order chi connectivity index (χ1) is 16.5. The molecular formula is C27H28N4O3. The van der Waals surface area contributed by atoms with Gasteiger partial charge in [0.1, 0.15) is 17.5 Å². The van der Waals surface area contributed by atoms with E-state index in [1.807, 2.05) is 36.4 Å². The minimum atomic E-state index is -0.812. The highest BCUT2D eigenvalue weighted by atomic mass is 16.5. The van der Waals surface area contributed by atoms with E-state index < -0.39 is 12.0 Å². The fourth-order valence-electron chi connectivity index (χ4n) is 4.27. The number of para-hydroxylation sites is 1. The normalized spacial score (nSPS) is 12.2. The first kappa shape index (κ1) is 23.3. The predicted octanol–water partition coefficient (Wildman–Crippen LogP) is 4.75. The van der Waals surface area contributed by atoms with Crippen molar-refractivity contribution in [3.63, 3.8) is 0 Å². The smallest absolute Gasteiger partial charge is 0.321 e. The highest BCUT2D eigenvalue weighted by molar-refractivity contribution is 5.85. The quantitative estimate of drug-likeness (QED) is 0.346. The molecule has 7 heteroatoms. The molecule has 0 aliphatic carbocycles. The summed E-state index contributed by atoms with van der Waals surface area (Å²) in [6.07, 6.45) is 5.22. The standard InChI is InChI=1S/C27H28N4O3/c1-30(2)26(27(32)33)15-21-18-31(25-12-4-3-11-23(21)25)13-6-5-10-22-16-24(29-34-22)20-9-7-8-19(14-20)17-28/h3-4,7-9,11-12,14,16,18,26H,5-6,10,13,15H2,1-2H3,(H,32,33). The summed E-state index contributed by atoms with van der Waals surface area (Å²) in [6.45, 7) is 0.839. The number of carboxylic acids is 1. The van der Waals surface area contributed by atoms with Crippen LogP contribution in [0.15, 0.2) is 65.3 Å². The molecule has 0 saturated carbocycles. The Morgan fingerprint density at radius 2 is 2.00 bits per heavy atom. The van der Waals surface area contributed by atoms with E-state index in [1.165, 1.54) is 0 Å². The van der Waals surface area contributed by atoms with Crippen LogP contribution in [0, 0.1) is 11.3 Å². The Bertz CT molecular complexity index is 1330. The molecule has 0 amide bonds. The molecule has 0 radical (unpaired) electrons. The van der Waals surface area contributed by atoms with Gasteiger partial charge in [0.25, 0.3) is 0 Å². The highest BCUT2D eigenvalue weighted by Gasteiger charge is 2.22. The molecular weight excluding hydrogens is 428 g/mol. The number of likely N-dealkylation sites (N-methyl/N-ethyl adjacent to an activating group) is 1. The molecule has 0 spiro atoms. The van der Waals surface area contributed by atoms with E-state index in [0.717, 1.165) is 59.3 Å². The van der Waals surface area contributed by atoms with Crippen LogP contribution in [-0.4, -0.2) is 45.8 Å². The molecule has 0 fully saturated rings. The summed E-state index contributed by atoms with van der Waals surface area (Å²) in [5.41, 5.74) is 4.39. The van der Waals surface area contributed by atoms with Crippen LogP contribution < -0.4 is 0 Å². The second kappa shape index (κ2) is 10.4. The third-order valence-electron chi connectivity index (χ3n) is 6.11. The van der Waals surface area contributed by atoms with Crippen LogP contribution in [0.25, 0.3) is 22.2 Å². The Labute approximate surface area is 198 Å². The van der Waals surface area contributed by atoms with Crippen molar-refractivity contribution in [2.75, 3.05) is 14.1 Å². The summed E-state index contributed by atoms with van der Waals surface area (Å²) in [7, 11) is 3.60. The van der Waals surface area contributed by atoms with E-state index in [-0.39, 0.29) is 0 Å². The van der Waals surface area contributed by atoms with Crippen molar-refractivity contribution in [1.82, 2.24) is 14.6 Å². The summed E-state index contributed by atoms with van der Waals surface area (Å²) >= 11 is 0. The van der Waals surface area contributed by atoms with E-state index in [4.69, 9.17) is 9.78 Å². The molecule has 4 aromatic rings. The molecule has 2 aromatic heterocycles. The molecule has 2 aromatic carbocycles. The molecule has 7 nitrogen and oxygen atoms in total. The van der Waals surface area contributed by atoms with E-state index in [0.29, 0.717) is 12.0 Å². The number of nitriles is 1. The number of aliphatic carboxylic acids is 1. The number of aromatic nitrogens is 2.